The van der Waals surface area contributed by atoms with Gasteiger partial charge in [-0.3, -0.25) is 0 Å². The van der Waals surface area contributed by atoms with Crippen LogP contribution in [0.1, 0.15) is 31.9 Å². The van der Waals surface area contributed by atoms with Gasteiger partial charge < -0.3 is 10.1 Å². The Balaban J connectivity index is 3.01. The predicted molar refractivity (Wildman–Crippen MR) is 68.8 cm³/mol. The molecule has 0 aliphatic rings. The van der Waals surface area contributed by atoms with Crippen LogP contribution in [-0.4, -0.2) is 13.7 Å². The summed E-state index contributed by atoms with van der Waals surface area (Å²) in [6, 6.07) is 6.93. The number of ether oxygens (including phenoxy) is 1. The Morgan fingerprint density at radius 1 is 1.44 bits per heavy atom. The third kappa shape index (κ3) is 3.21. The first-order valence-corrected chi connectivity index (χ1v) is 6.17. The van der Waals surface area contributed by atoms with Crippen LogP contribution in [0.15, 0.2) is 18.2 Å². The Hall–Kier alpha value is -1.60. The fourth-order valence-corrected chi connectivity index (χ4v) is 1.98. The average molecular weight is 250 g/mol. The summed E-state index contributed by atoms with van der Waals surface area (Å²) in [6.07, 6.45) is 0.719. The molecule has 0 saturated carbocycles. The zero-order valence-corrected chi connectivity index (χ0v) is 11.0. The molecule has 0 amide bonds. The first-order valence-electron chi connectivity index (χ1n) is 6.17. The van der Waals surface area contributed by atoms with Gasteiger partial charge in [0.1, 0.15) is 0 Å². The summed E-state index contributed by atoms with van der Waals surface area (Å²) in [5, 5.41) is 12.2. The van der Waals surface area contributed by atoms with E-state index in [-0.39, 0.29) is 23.5 Å². The molecular weight excluding hydrogens is 231 g/mol. The quantitative estimate of drug-likeness (QED) is 0.844. The van der Waals surface area contributed by atoms with E-state index in [1.807, 2.05) is 13.8 Å². The molecule has 2 unspecified atom stereocenters. The highest BCUT2D eigenvalue weighted by Crippen LogP contribution is 2.27. The molecule has 18 heavy (non-hydrogen) atoms. The van der Waals surface area contributed by atoms with Crippen LogP contribution >= 0.6 is 0 Å². The third-order valence-electron chi connectivity index (χ3n) is 2.93. The molecule has 2 atom stereocenters. The normalized spacial score (nSPS) is 13.7. The van der Waals surface area contributed by atoms with Crippen LogP contribution in [0.5, 0.6) is 5.75 Å². The van der Waals surface area contributed by atoms with Crippen LogP contribution in [0.25, 0.3) is 0 Å². The van der Waals surface area contributed by atoms with Crippen molar-refractivity contribution in [2.75, 3.05) is 13.7 Å². The third-order valence-corrected chi connectivity index (χ3v) is 2.93. The Kier molecular flexibility index (Phi) is 5.60. The summed E-state index contributed by atoms with van der Waals surface area (Å²) in [6.45, 7) is 4.19. The number of benzene rings is 1. The monoisotopic (exact) mass is 250 g/mol. The summed E-state index contributed by atoms with van der Waals surface area (Å²) in [5.41, 5.74) is 0.770. The number of hydrogen-bond acceptors (Lipinski definition) is 3. The molecule has 0 saturated heterocycles. The van der Waals surface area contributed by atoms with Crippen LogP contribution in [0.4, 0.5) is 4.39 Å². The molecule has 0 fully saturated rings. The molecule has 0 radical (unpaired) electrons. The van der Waals surface area contributed by atoms with E-state index in [0.717, 1.165) is 12.0 Å². The lowest BCUT2D eigenvalue weighted by atomic mass is 9.92. The van der Waals surface area contributed by atoms with Gasteiger partial charge >= 0.3 is 0 Å². The number of halogens is 1. The summed E-state index contributed by atoms with van der Waals surface area (Å²) in [5.74, 6) is -0.309. The summed E-state index contributed by atoms with van der Waals surface area (Å²) >= 11 is 0. The molecule has 1 aromatic carbocycles. The number of hydrogen-bond donors (Lipinski definition) is 1. The van der Waals surface area contributed by atoms with Crippen molar-refractivity contribution in [3.63, 3.8) is 0 Å². The maximum absolute atomic E-state index is 13.8. The topological polar surface area (TPSA) is 45.0 Å². The Morgan fingerprint density at radius 2 is 2.17 bits per heavy atom. The van der Waals surface area contributed by atoms with Gasteiger partial charge in [-0.2, -0.15) is 5.26 Å². The van der Waals surface area contributed by atoms with Gasteiger partial charge in [-0.05, 0) is 38.1 Å². The van der Waals surface area contributed by atoms with Crippen LogP contribution in [0.2, 0.25) is 0 Å². The predicted octanol–water partition coefficient (Wildman–Crippen LogP) is 3.03. The van der Waals surface area contributed by atoms with E-state index in [2.05, 4.69) is 11.4 Å². The van der Waals surface area contributed by atoms with Crippen molar-refractivity contribution in [2.24, 2.45) is 5.92 Å². The van der Waals surface area contributed by atoms with Gasteiger partial charge in [0.2, 0.25) is 0 Å². The smallest absolute Gasteiger partial charge is 0.165 e. The molecule has 0 aliphatic carbocycles. The van der Waals surface area contributed by atoms with E-state index < -0.39 is 0 Å². The van der Waals surface area contributed by atoms with Crippen molar-refractivity contribution < 1.29 is 9.13 Å². The Morgan fingerprint density at radius 3 is 2.61 bits per heavy atom. The highest BCUT2D eigenvalue weighted by atomic mass is 19.1. The minimum atomic E-state index is -0.387. The highest BCUT2D eigenvalue weighted by Gasteiger charge is 2.21. The lowest BCUT2D eigenvalue weighted by molar-refractivity contribution is 0.320. The zero-order valence-electron chi connectivity index (χ0n) is 11.0. The maximum Gasteiger partial charge on any atom is 0.165 e. The molecule has 4 heteroatoms. The molecule has 0 aromatic heterocycles. The number of nitrogens with zero attached hydrogens (tertiary/aromatic N) is 1. The minimum absolute atomic E-state index is 0.162. The fraction of sp³-hybridized carbons (Fsp3) is 0.500. The van der Waals surface area contributed by atoms with E-state index in [1.54, 1.807) is 19.2 Å². The van der Waals surface area contributed by atoms with Crippen molar-refractivity contribution >= 4 is 0 Å². The van der Waals surface area contributed by atoms with Crippen LogP contribution in [-0.2, 0) is 0 Å². The second-order valence-corrected chi connectivity index (χ2v) is 4.03. The molecule has 0 spiro atoms. The van der Waals surface area contributed by atoms with E-state index in [4.69, 9.17) is 10.00 Å². The zero-order chi connectivity index (χ0) is 13.5. The second-order valence-electron chi connectivity index (χ2n) is 4.03. The molecule has 0 heterocycles. The van der Waals surface area contributed by atoms with Crippen molar-refractivity contribution in [1.29, 1.82) is 5.26 Å². The van der Waals surface area contributed by atoms with Crippen molar-refractivity contribution in [2.45, 2.75) is 26.3 Å². The molecule has 0 bridgehead atoms. The summed E-state index contributed by atoms with van der Waals surface area (Å²) in [4.78, 5) is 0. The molecule has 3 nitrogen and oxygen atoms in total. The van der Waals surface area contributed by atoms with E-state index >= 15 is 0 Å². The van der Waals surface area contributed by atoms with Gasteiger partial charge in [-0.1, -0.05) is 13.0 Å². The average Bonchev–Trinajstić information content (AvgIpc) is 2.38. The van der Waals surface area contributed by atoms with Crippen molar-refractivity contribution in [3.8, 4) is 11.8 Å². The van der Waals surface area contributed by atoms with Gasteiger partial charge in [0.05, 0.1) is 18.6 Å². The molecule has 0 aliphatic heterocycles. The Bertz CT molecular complexity index is 428. The lowest BCUT2D eigenvalue weighted by Crippen LogP contribution is -2.24. The van der Waals surface area contributed by atoms with Crippen LogP contribution in [0, 0.1) is 23.1 Å². The van der Waals surface area contributed by atoms with E-state index in [9.17, 15) is 4.39 Å². The van der Waals surface area contributed by atoms with Crippen molar-refractivity contribution in [3.05, 3.63) is 29.6 Å². The first kappa shape index (κ1) is 14.5. The molecular formula is C14H19FN2O. The molecule has 1 rings (SSSR count). The lowest BCUT2D eigenvalue weighted by Gasteiger charge is -2.21. The standard InChI is InChI=1S/C14H19FN2O/c1-4-10(9-16)14(17-3)11-6-7-13(18-5-2)12(15)8-11/h6-8,10,14,17H,4-5H2,1-3H3. The maximum atomic E-state index is 13.8. The molecule has 1 N–H and O–H groups in total. The van der Waals surface area contributed by atoms with Crippen LogP contribution in [0.3, 0.4) is 0 Å². The van der Waals surface area contributed by atoms with Crippen LogP contribution < -0.4 is 10.1 Å². The van der Waals surface area contributed by atoms with Crippen molar-refractivity contribution in [1.82, 2.24) is 5.32 Å². The van der Waals surface area contributed by atoms with Gasteiger partial charge in [0, 0.05) is 6.04 Å². The number of nitriles is 1. The van der Waals surface area contributed by atoms with Gasteiger partial charge in [-0.15, -0.1) is 0 Å². The molecule has 1 aromatic rings. The fourth-order valence-electron chi connectivity index (χ4n) is 1.98. The van der Waals surface area contributed by atoms with Gasteiger partial charge in [0.15, 0.2) is 11.6 Å². The van der Waals surface area contributed by atoms with Gasteiger partial charge in [-0.25, -0.2) is 4.39 Å². The largest absolute Gasteiger partial charge is 0.491 e. The minimum Gasteiger partial charge on any atom is -0.491 e. The Labute approximate surface area is 108 Å². The SMILES string of the molecule is CCOc1ccc(C(NC)C(C#N)CC)cc1F. The number of rotatable bonds is 6. The van der Waals surface area contributed by atoms with E-state index in [1.165, 1.54) is 6.07 Å². The summed E-state index contributed by atoms with van der Waals surface area (Å²) in [7, 11) is 1.78. The highest BCUT2D eigenvalue weighted by molar-refractivity contribution is 5.32. The number of nitrogens with one attached hydrogen (secondary N) is 1. The molecule has 98 valence electrons. The van der Waals surface area contributed by atoms with Gasteiger partial charge in [0.25, 0.3) is 0 Å². The van der Waals surface area contributed by atoms with E-state index in [0.29, 0.717) is 6.61 Å². The first-order chi connectivity index (χ1) is 8.67. The summed E-state index contributed by atoms with van der Waals surface area (Å²) < 4.78 is 18.9. The second kappa shape index (κ2) is 6.97.